The molecule has 0 fully saturated rings. The van der Waals surface area contributed by atoms with E-state index in [2.05, 4.69) is 9.71 Å². The monoisotopic (exact) mass is 346 g/mol. The molecule has 0 aliphatic rings. The van der Waals surface area contributed by atoms with Gasteiger partial charge in [-0.05, 0) is 49.2 Å². The summed E-state index contributed by atoms with van der Waals surface area (Å²) in [7, 11) is -3.70. The van der Waals surface area contributed by atoms with Gasteiger partial charge in [0, 0.05) is 10.4 Å². The van der Waals surface area contributed by atoms with Gasteiger partial charge in [0.2, 0.25) is 0 Å². The highest BCUT2D eigenvalue weighted by Crippen LogP contribution is 2.26. The molecule has 0 atom stereocenters. The van der Waals surface area contributed by atoms with Crippen LogP contribution in [-0.4, -0.2) is 13.4 Å². The summed E-state index contributed by atoms with van der Waals surface area (Å²) in [6, 6.07) is 12.5. The highest BCUT2D eigenvalue weighted by atomic mass is 35.5. The highest BCUT2D eigenvalue weighted by Gasteiger charge is 2.18. The second-order valence-electron chi connectivity index (χ2n) is 5.39. The molecule has 3 aromatic rings. The van der Waals surface area contributed by atoms with Crippen molar-refractivity contribution in [2.75, 3.05) is 4.72 Å². The number of aromatic nitrogens is 1. The lowest BCUT2D eigenvalue weighted by molar-refractivity contribution is 0.600. The van der Waals surface area contributed by atoms with Crippen molar-refractivity contribution in [2.24, 2.45) is 0 Å². The quantitative estimate of drug-likeness (QED) is 0.769. The van der Waals surface area contributed by atoms with Crippen molar-refractivity contribution in [3.63, 3.8) is 0 Å². The zero-order valence-electron chi connectivity index (χ0n) is 12.7. The molecule has 1 N–H and O–H groups in total. The fourth-order valence-corrected chi connectivity index (χ4v) is 3.95. The van der Waals surface area contributed by atoms with E-state index in [0.29, 0.717) is 21.8 Å². The van der Waals surface area contributed by atoms with Gasteiger partial charge in [0.05, 0.1) is 22.3 Å². The summed E-state index contributed by atoms with van der Waals surface area (Å²) in [5, 5.41) is 1.42. The maximum Gasteiger partial charge on any atom is 0.262 e. The molecule has 118 valence electrons. The van der Waals surface area contributed by atoms with Gasteiger partial charge in [0.15, 0.2) is 0 Å². The van der Waals surface area contributed by atoms with Gasteiger partial charge in [-0.3, -0.25) is 9.71 Å². The summed E-state index contributed by atoms with van der Waals surface area (Å²) in [5.74, 6) is 0. The number of aryl methyl sites for hydroxylation is 2. The van der Waals surface area contributed by atoms with Crippen LogP contribution in [0.15, 0.2) is 53.6 Å². The van der Waals surface area contributed by atoms with Crippen LogP contribution in [0.2, 0.25) is 5.02 Å². The third-order valence-electron chi connectivity index (χ3n) is 3.59. The van der Waals surface area contributed by atoms with Crippen LogP contribution in [0, 0.1) is 13.8 Å². The Morgan fingerprint density at radius 2 is 1.78 bits per heavy atom. The summed E-state index contributed by atoms with van der Waals surface area (Å²) in [4.78, 5) is 4.48. The van der Waals surface area contributed by atoms with Gasteiger partial charge in [-0.1, -0.05) is 29.8 Å². The largest absolute Gasteiger partial charge is 0.278 e. The standard InChI is InChI=1S/C17H15ClN2O2S/c1-11-8-17(12(2)7-15(11)18)23(21,22)20-14-9-13-5-3-4-6-16(13)19-10-14/h3-10,20H,1-2H3. The lowest BCUT2D eigenvalue weighted by Crippen LogP contribution is -2.14. The maximum absolute atomic E-state index is 12.6. The van der Waals surface area contributed by atoms with Gasteiger partial charge in [-0.25, -0.2) is 8.42 Å². The zero-order chi connectivity index (χ0) is 16.6. The number of benzene rings is 2. The molecule has 0 aliphatic carbocycles. The molecule has 0 saturated heterocycles. The van der Waals surface area contributed by atoms with Crippen molar-refractivity contribution < 1.29 is 8.42 Å². The normalized spacial score (nSPS) is 11.6. The molecule has 3 rings (SSSR count). The number of rotatable bonds is 3. The Hall–Kier alpha value is -2.11. The first-order valence-corrected chi connectivity index (χ1v) is 8.87. The molecule has 6 heteroatoms. The molecule has 2 aromatic carbocycles. The Kier molecular flexibility index (Phi) is 4.00. The van der Waals surface area contributed by atoms with Gasteiger partial charge in [0.25, 0.3) is 10.0 Å². The summed E-state index contributed by atoms with van der Waals surface area (Å²) in [5.41, 5.74) is 2.56. The zero-order valence-corrected chi connectivity index (χ0v) is 14.2. The van der Waals surface area contributed by atoms with Gasteiger partial charge in [-0.15, -0.1) is 0 Å². The molecule has 1 aromatic heterocycles. The lowest BCUT2D eigenvalue weighted by Gasteiger charge is -2.12. The van der Waals surface area contributed by atoms with E-state index in [1.165, 1.54) is 6.20 Å². The highest BCUT2D eigenvalue weighted by molar-refractivity contribution is 7.92. The first-order valence-electron chi connectivity index (χ1n) is 7.01. The SMILES string of the molecule is Cc1cc(S(=O)(=O)Nc2cnc3ccccc3c2)c(C)cc1Cl. The summed E-state index contributed by atoms with van der Waals surface area (Å²) >= 11 is 6.04. The summed E-state index contributed by atoms with van der Waals surface area (Å²) < 4.78 is 27.9. The molecule has 0 bridgehead atoms. The van der Waals surface area contributed by atoms with Crippen molar-refractivity contribution in [1.82, 2.24) is 4.98 Å². The topological polar surface area (TPSA) is 59.1 Å². The molecule has 0 radical (unpaired) electrons. The van der Waals surface area contributed by atoms with Crippen LogP contribution >= 0.6 is 11.6 Å². The van der Waals surface area contributed by atoms with Crippen LogP contribution in [0.5, 0.6) is 0 Å². The predicted octanol–water partition coefficient (Wildman–Crippen LogP) is 4.31. The van der Waals surface area contributed by atoms with Crippen LogP contribution in [-0.2, 0) is 10.0 Å². The Balaban J connectivity index is 2.01. The number of anilines is 1. The minimum atomic E-state index is -3.70. The fourth-order valence-electron chi connectivity index (χ4n) is 2.38. The van der Waals surface area contributed by atoms with Crippen LogP contribution in [0.3, 0.4) is 0 Å². The number of halogens is 1. The van der Waals surface area contributed by atoms with E-state index in [1.54, 1.807) is 32.0 Å². The Labute approximate surface area is 140 Å². The van der Waals surface area contributed by atoms with Gasteiger partial charge in [0.1, 0.15) is 0 Å². The first-order chi connectivity index (χ1) is 10.9. The van der Waals surface area contributed by atoms with E-state index in [9.17, 15) is 8.42 Å². The number of hydrogen-bond acceptors (Lipinski definition) is 3. The predicted molar refractivity (Wildman–Crippen MR) is 93.5 cm³/mol. The third kappa shape index (κ3) is 3.16. The molecule has 23 heavy (non-hydrogen) atoms. The smallest absolute Gasteiger partial charge is 0.262 e. The molecule has 0 unspecified atom stereocenters. The number of para-hydroxylation sites is 1. The first kappa shape index (κ1) is 15.8. The molecule has 1 heterocycles. The maximum atomic E-state index is 12.6. The molecule has 0 amide bonds. The molecular weight excluding hydrogens is 332 g/mol. The van der Waals surface area contributed by atoms with Gasteiger partial charge in [-0.2, -0.15) is 0 Å². The summed E-state index contributed by atoms with van der Waals surface area (Å²) in [6.07, 6.45) is 1.51. The number of pyridine rings is 1. The average Bonchev–Trinajstić information content (AvgIpc) is 2.50. The molecule has 0 saturated carbocycles. The molecule has 4 nitrogen and oxygen atoms in total. The van der Waals surface area contributed by atoms with E-state index in [0.717, 1.165) is 10.9 Å². The molecule has 0 spiro atoms. The van der Waals surface area contributed by atoms with Crippen LogP contribution in [0.25, 0.3) is 10.9 Å². The van der Waals surface area contributed by atoms with E-state index in [1.807, 2.05) is 24.3 Å². The molecule has 0 aliphatic heterocycles. The second-order valence-corrected chi connectivity index (χ2v) is 7.45. The van der Waals surface area contributed by atoms with Crippen molar-refractivity contribution >= 4 is 38.2 Å². The van der Waals surface area contributed by atoms with Crippen LogP contribution in [0.1, 0.15) is 11.1 Å². The Morgan fingerprint density at radius 3 is 2.57 bits per heavy atom. The Morgan fingerprint density at radius 1 is 1.04 bits per heavy atom. The van der Waals surface area contributed by atoms with E-state index in [4.69, 9.17) is 11.6 Å². The number of sulfonamides is 1. The van der Waals surface area contributed by atoms with E-state index < -0.39 is 10.0 Å². The molecular formula is C17H15ClN2O2S. The van der Waals surface area contributed by atoms with E-state index >= 15 is 0 Å². The number of hydrogen-bond donors (Lipinski definition) is 1. The summed E-state index contributed by atoms with van der Waals surface area (Å²) in [6.45, 7) is 3.50. The van der Waals surface area contributed by atoms with Gasteiger partial charge >= 0.3 is 0 Å². The van der Waals surface area contributed by atoms with Crippen molar-refractivity contribution in [3.05, 3.63) is 64.8 Å². The fraction of sp³-hybridized carbons (Fsp3) is 0.118. The number of fused-ring (bicyclic) bond motifs is 1. The number of nitrogens with one attached hydrogen (secondary N) is 1. The number of nitrogens with zero attached hydrogens (tertiary/aromatic N) is 1. The van der Waals surface area contributed by atoms with Gasteiger partial charge < -0.3 is 0 Å². The minimum absolute atomic E-state index is 0.215. The van der Waals surface area contributed by atoms with E-state index in [-0.39, 0.29) is 4.90 Å². The minimum Gasteiger partial charge on any atom is -0.278 e. The average molecular weight is 347 g/mol. The van der Waals surface area contributed by atoms with Crippen molar-refractivity contribution in [1.29, 1.82) is 0 Å². The van der Waals surface area contributed by atoms with Crippen molar-refractivity contribution in [2.45, 2.75) is 18.7 Å². The third-order valence-corrected chi connectivity index (χ3v) is 5.52. The second kappa shape index (κ2) is 5.83. The van der Waals surface area contributed by atoms with Crippen LogP contribution < -0.4 is 4.72 Å². The Bertz CT molecular complexity index is 1000. The van der Waals surface area contributed by atoms with Crippen LogP contribution in [0.4, 0.5) is 5.69 Å². The lowest BCUT2D eigenvalue weighted by atomic mass is 10.2. The van der Waals surface area contributed by atoms with Crippen molar-refractivity contribution in [3.8, 4) is 0 Å².